The van der Waals surface area contributed by atoms with Crippen molar-refractivity contribution in [3.05, 3.63) is 78.4 Å². The molecule has 0 aliphatic rings. The molecule has 0 bridgehead atoms. The number of amides is 1. The Bertz CT molecular complexity index is 1110. The van der Waals surface area contributed by atoms with E-state index >= 15 is 0 Å². The first kappa shape index (κ1) is 18.6. The molecule has 0 unspecified atom stereocenters. The number of aromatic nitrogens is 4. The molecule has 7 heteroatoms. The average Bonchev–Trinajstić information content (AvgIpc) is 3.12. The van der Waals surface area contributed by atoms with Crippen molar-refractivity contribution in [3.8, 4) is 0 Å². The van der Waals surface area contributed by atoms with Crippen LogP contribution in [0.25, 0.3) is 11.0 Å². The summed E-state index contributed by atoms with van der Waals surface area (Å²) in [5.74, 6) is 1.22. The summed E-state index contributed by atoms with van der Waals surface area (Å²) in [5, 5.41) is 6.01. The molecular formula is C22H22N6O. The molecule has 2 heterocycles. The van der Waals surface area contributed by atoms with Gasteiger partial charge in [-0.1, -0.05) is 30.3 Å². The molecule has 0 saturated carbocycles. The van der Waals surface area contributed by atoms with Gasteiger partial charge in [0.15, 0.2) is 0 Å². The number of nitrogens with zero attached hydrogens (tertiary/aromatic N) is 4. The Kier molecular flexibility index (Phi) is 5.47. The lowest BCUT2D eigenvalue weighted by molar-refractivity contribution is 0.0953. The molecule has 2 N–H and O–H groups in total. The average molecular weight is 386 g/mol. The third-order valence-electron chi connectivity index (χ3n) is 4.63. The SMILES string of the molecule is CCn1c(CCNC(=O)c2cnc(Nc3ccccc3)nc2)nc2ccccc21. The molecule has 0 saturated heterocycles. The number of imidazole rings is 1. The maximum Gasteiger partial charge on any atom is 0.254 e. The van der Waals surface area contributed by atoms with E-state index in [0.717, 1.165) is 29.1 Å². The van der Waals surface area contributed by atoms with E-state index in [1.165, 1.54) is 12.4 Å². The van der Waals surface area contributed by atoms with Crippen LogP contribution in [0.1, 0.15) is 23.1 Å². The van der Waals surface area contributed by atoms with E-state index in [-0.39, 0.29) is 5.91 Å². The molecule has 146 valence electrons. The standard InChI is InChI=1S/C22H22N6O/c1-2-28-19-11-7-6-10-18(19)27-20(28)12-13-23-21(29)16-14-24-22(25-15-16)26-17-8-4-3-5-9-17/h3-11,14-15H,2,12-13H2,1H3,(H,23,29)(H,24,25,26). The predicted molar refractivity (Wildman–Crippen MR) is 113 cm³/mol. The molecule has 4 aromatic rings. The zero-order chi connectivity index (χ0) is 20.1. The van der Waals surface area contributed by atoms with Crippen LogP contribution in [-0.2, 0) is 13.0 Å². The maximum atomic E-state index is 12.4. The van der Waals surface area contributed by atoms with Crippen LogP contribution >= 0.6 is 0 Å². The van der Waals surface area contributed by atoms with Crippen molar-refractivity contribution in [3.63, 3.8) is 0 Å². The van der Waals surface area contributed by atoms with Gasteiger partial charge in [0.25, 0.3) is 5.91 Å². The summed E-state index contributed by atoms with van der Waals surface area (Å²) in [6.45, 7) is 3.43. The Morgan fingerprint density at radius 2 is 1.72 bits per heavy atom. The van der Waals surface area contributed by atoms with Gasteiger partial charge in [-0.15, -0.1) is 0 Å². The first-order chi connectivity index (χ1) is 14.2. The number of nitrogens with one attached hydrogen (secondary N) is 2. The quantitative estimate of drug-likeness (QED) is 0.507. The lowest BCUT2D eigenvalue weighted by Crippen LogP contribution is -2.26. The molecule has 2 aromatic carbocycles. The van der Waals surface area contributed by atoms with Crippen LogP contribution in [0.4, 0.5) is 11.6 Å². The minimum atomic E-state index is -0.199. The van der Waals surface area contributed by atoms with Gasteiger partial charge in [-0.2, -0.15) is 0 Å². The fourth-order valence-corrected chi connectivity index (χ4v) is 3.22. The molecule has 0 radical (unpaired) electrons. The van der Waals surface area contributed by atoms with Gasteiger partial charge in [-0.25, -0.2) is 15.0 Å². The number of benzene rings is 2. The fraction of sp³-hybridized carbons (Fsp3) is 0.182. The van der Waals surface area contributed by atoms with Gasteiger partial charge >= 0.3 is 0 Å². The van der Waals surface area contributed by atoms with Crippen molar-refractivity contribution < 1.29 is 4.79 Å². The summed E-state index contributed by atoms with van der Waals surface area (Å²) >= 11 is 0. The smallest absolute Gasteiger partial charge is 0.254 e. The van der Waals surface area contributed by atoms with E-state index in [1.54, 1.807) is 0 Å². The Hall–Kier alpha value is -3.74. The minimum absolute atomic E-state index is 0.199. The highest BCUT2D eigenvalue weighted by molar-refractivity contribution is 5.93. The van der Waals surface area contributed by atoms with Gasteiger partial charge in [0.1, 0.15) is 5.82 Å². The van der Waals surface area contributed by atoms with Gasteiger partial charge < -0.3 is 15.2 Å². The number of aryl methyl sites for hydroxylation is 1. The molecule has 29 heavy (non-hydrogen) atoms. The fourth-order valence-electron chi connectivity index (χ4n) is 3.22. The molecule has 0 aliphatic heterocycles. The number of carbonyl (C=O) groups excluding carboxylic acids is 1. The molecule has 0 aliphatic carbocycles. The summed E-state index contributed by atoms with van der Waals surface area (Å²) in [6.07, 6.45) is 3.70. The Balaban J connectivity index is 1.35. The third-order valence-corrected chi connectivity index (χ3v) is 4.63. The zero-order valence-corrected chi connectivity index (χ0v) is 16.2. The van der Waals surface area contributed by atoms with Crippen molar-refractivity contribution in [2.24, 2.45) is 0 Å². The van der Waals surface area contributed by atoms with Crippen LogP contribution in [0.15, 0.2) is 67.0 Å². The Labute approximate surface area is 168 Å². The second-order valence-corrected chi connectivity index (χ2v) is 6.55. The normalized spacial score (nSPS) is 10.8. The van der Waals surface area contributed by atoms with Gasteiger partial charge in [0.2, 0.25) is 5.95 Å². The third kappa shape index (κ3) is 4.24. The monoisotopic (exact) mass is 386 g/mol. The number of para-hydroxylation sites is 3. The van der Waals surface area contributed by atoms with Crippen molar-refractivity contribution in [2.45, 2.75) is 19.9 Å². The highest BCUT2D eigenvalue weighted by Crippen LogP contribution is 2.16. The lowest BCUT2D eigenvalue weighted by atomic mass is 10.3. The van der Waals surface area contributed by atoms with E-state index in [9.17, 15) is 4.79 Å². The second-order valence-electron chi connectivity index (χ2n) is 6.55. The second kappa shape index (κ2) is 8.52. The van der Waals surface area contributed by atoms with Crippen LogP contribution in [0, 0.1) is 0 Å². The van der Waals surface area contributed by atoms with E-state index < -0.39 is 0 Å². The van der Waals surface area contributed by atoms with Gasteiger partial charge in [0.05, 0.1) is 16.6 Å². The Morgan fingerprint density at radius 3 is 2.48 bits per heavy atom. The van der Waals surface area contributed by atoms with Crippen LogP contribution in [0.2, 0.25) is 0 Å². The van der Waals surface area contributed by atoms with E-state index in [0.29, 0.717) is 24.5 Å². The molecule has 0 atom stereocenters. The van der Waals surface area contributed by atoms with Gasteiger partial charge in [0, 0.05) is 37.6 Å². The molecule has 1 amide bonds. The lowest BCUT2D eigenvalue weighted by Gasteiger charge is -2.08. The molecule has 4 rings (SSSR count). The van der Waals surface area contributed by atoms with Crippen LogP contribution in [0.3, 0.4) is 0 Å². The number of hydrogen-bond donors (Lipinski definition) is 2. The van der Waals surface area contributed by atoms with E-state index in [2.05, 4.69) is 43.1 Å². The first-order valence-corrected chi connectivity index (χ1v) is 9.61. The summed E-state index contributed by atoms with van der Waals surface area (Å²) < 4.78 is 2.18. The number of hydrogen-bond acceptors (Lipinski definition) is 5. The summed E-state index contributed by atoms with van der Waals surface area (Å²) in [4.78, 5) is 25.5. The summed E-state index contributed by atoms with van der Waals surface area (Å²) in [7, 11) is 0. The molecule has 0 spiro atoms. The molecular weight excluding hydrogens is 364 g/mol. The molecule has 7 nitrogen and oxygen atoms in total. The number of carbonyl (C=O) groups is 1. The summed E-state index contributed by atoms with van der Waals surface area (Å²) in [5.41, 5.74) is 3.41. The highest BCUT2D eigenvalue weighted by Gasteiger charge is 2.11. The topological polar surface area (TPSA) is 84.7 Å². The van der Waals surface area contributed by atoms with Crippen molar-refractivity contribution in [1.29, 1.82) is 0 Å². The van der Waals surface area contributed by atoms with Crippen molar-refractivity contribution in [1.82, 2.24) is 24.8 Å². The van der Waals surface area contributed by atoms with Crippen LogP contribution in [0.5, 0.6) is 0 Å². The van der Waals surface area contributed by atoms with E-state index in [4.69, 9.17) is 0 Å². The highest BCUT2D eigenvalue weighted by atomic mass is 16.1. The Morgan fingerprint density at radius 1 is 1.00 bits per heavy atom. The van der Waals surface area contributed by atoms with Crippen molar-refractivity contribution in [2.75, 3.05) is 11.9 Å². The molecule has 0 fully saturated rings. The van der Waals surface area contributed by atoms with Gasteiger partial charge in [-0.3, -0.25) is 4.79 Å². The first-order valence-electron chi connectivity index (χ1n) is 9.61. The van der Waals surface area contributed by atoms with Crippen LogP contribution < -0.4 is 10.6 Å². The zero-order valence-electron chi connectivity index (χ0n) is 16.2. The molecule has 2 aromatic heterocycles. The number of rotatable bonds is 7. The van der Waals surface area contributed by atoms with Gasteiger partial charge in [-0.05, 0) is 31.2 Å². The summed E-state index contributed by atoms with van der Waals surface area (Å²) in [6, 6.07) is 17.7. The number of fused-ring (bicyclic) bond motifs is 1. The van der Waals surface area contributed by atoms with Crippen LogP contribution in [-0.4, -0.2) is 32.0 Å². The van der Waals surface area contributed by atoms with Crippen molar-refractivity contribution >= 4 is 28.6 Å². The minimum Gasteiger partial charge on any atom is -0.351 e. The van der Waals surface area contributed by atoms with E-state index in [1.807, 2.05) is 48.5 Å². The maximum absolute atomic E-state index is 12.4. The predicted octanol–water partition coefficient (Wildman–Crippen LogP) is 3.56. The largest absolute Gasteiger partial charge is 0.351 e. The number of anilines is 2.